The minimum Gasteiger partial charge on any atom is -0.481 e. The molecule has 14 heteroatoms. The van der Waals surface area contributed by atoms with E-state index in [1.807, 2.05) is 36.4 Å². The number of aliphatic hydroxyl groups is 1. The zero-order chi connectivity index (χ0) is 31.6. The summed E-state index contributed by atoms with van der Waals surface area (Å²) in [5.74, 6) is 0.293. The van der Waals surface area contributed by atoms with Crippen LogP contribution in [0.3, 0.4) is 0 Å². The Morgan fingerprint density at radius 2 is 1.55 bits per heavy atom. The number of amides is 1. The number of hydrogen-bond acceptors (Lipinski definition) is 8. The molecule has 3 heterocycles. The molecule has 1 saturated carbocycles. The monoisotopic (exact) mass is 697 g/mol. The van der Waals surface area contributed by atoms with Crippen molar-refractivity contribution in [3.63, 3.8) is 0 Å². The van der Waals surface area contributed by atoms with E-state index < -0.39 is 19.4 Å². The van der Waals surface area contributed by atoms with Crippen LogP contribution in [0, 0.1) is 0 Å². The number of carbonyl (C=O) groups excluding carboxylic acids is 1. The summed E-state index contributed by atoms with van der Waals surface area (Å²) >= 11 is 0. The summed E-state index contributed by atoms with van der Waals surface area (Å²) in [6, 6.07) is 20.4. The molecular formula is C33H40Cl2F3N5O4. The highest BCUT2D eigenvalue weighted by molar-refractivity contribution is 5.85. The minimum absolute atomic E-state index is 0. The molecule has 1 aromatic heterocycles. The lowest BCUT2D eigenvalue weighted by Crippen LogP contribution is -2.67. The highest BCUT2D eigenvalue weighted by Crippen LogP contribution is 2.42. The van der Waals surface area contributed by atoms with Crippen molar-refractivity contribution in [2.75, 3.05) is 53.0 Å². The van der Waals surface area contributed by atoms with Gasteiger partial charge in [0.1, 0.15) is 12.4 Å². The zero-order valence-corrected chi connectivity index (χ0v) is 27.6. The fourth-order valence-electron chi connectivity index (χ4n) is 6.70. The number of aromatic nitrogens is 2. The predicted molar refractivity (Wildman–Crippen MR) is 175 cm³/mol. The van der Waals surface area contributed by atoms with Gasteiger partial charge in [-0.05, 0) is 24.0 Å². The number of alkyl halides is 3. The standard InChI is InChI=1S/C33H38F3N5O4.2ClH/c1-44-31-26(32(45-21-33(34,35)36)38-30(37-31)24-12-13-24)18-39-16-25-17-40(28(43)20-42)14-15-41(25)27(19-39)29(22-8-4-2-5-9-22)23-10-6-3-7-11-23;;/h2-11,24-25,27,29,42H,12-21H2,1H3;2*1H/t25-,27+;;/m1../s1. The minimum atomic E-state index is -4.53. The SMILES string of the molecule is COc1nc(C2CC2)nc(OCC(F)(F)F)c1CN1C[C@@H]2CN(C(=O)CO)CCN2[C@H](C(c2ccccc2)c2ccccc2)C1.Cl.Cl. The van der Waals surface area contributed by atoms with Crippen LogP contribution in [0.25, 0.3) is 0 Å². The van der Waals surface area contributed by atoms with Gasteiger partial charge in [-0.1, -0.05) is 60.7 Å². The fourth-order valence-corrected chi connectivity index (χ4v) is 6.70. The molecule has 0 bridgehead atoms. The molecule has 0 unspecified atom stereocenters. The van der Waals surface area contributed by atoms with Crippen LogP contribution in [-0.4, -0.2) is 107 Å². The molecule has 0 radical (unpaired) electrons. The summed E-state index contributed by atoms with van der Waals surface area (Å²) in [7, 11) is 1.46. The van der Waals surface area contributed by atoms with Gasteiger partial charge in [-0.3, -0.25) is 14.6 Å². The second kappa shape index (κ2) is 15.8. The van der Waals surface area contributed by atoms with Crippen LogP contribution in [0.1, 0.15) is 47.2 Å². The average molecular weight is 699 g/mol. The third kappa shape index (κ3) is 8.66. The van der Waals surface area contributed by atoms with Crippen molar-refractivity contribution in [2.24, 2.45) is 0 Å². The van der Waals surface area contributed by atoms with Gasteiger partial charge in [0.15, 0.2) is 6.61 Å². The van der Waals surface area contributed by atoms with Crippen LogP contribution < -0.4 is 9.47 Å². The van der Waals surface area contributed by atoms with Gasteiger partial charge in [0.05, 0.1) is 12.7 Å². The Bertz CT molecular complexity index is 1430. The first-order chi connectivity index (χ1) is 21.7. The van der Waals surface area contributed by atoms with Gasteiger partial charge >= 0.3 is 6.18 Å². The van der Waals surface area contributed by atoms with E-state index in [4.69, 9.17) is 9.47 Å². The van der Waals surface area contributed by atoms with Crippen molar-refractivity contribution in [1.29, 1.82) is 0 Å². The Balaban J connectivity index is 0.00000250. The maximum absolute atomic E-state index is 13.3. The molecule has 0 spiro atoms. The maximum Gasteiger partial charge on any atom is 0.422 e. The number of nitrogens with zero attached hydrogens (tertiary/aromatic N) is 5. The van der Waals surface area contributed by atoms with Crippen molar-refractivity contribution in [2.45, 2.75) is 49.5 Å². The van der Waals surface area contributed by atoms with Gasteiger partial charge < -0.3 is 19.5 Å². The Hall–Kier alpha value is -3.16. The maximum atomic E-state index is 13.3. The lowest BCUT2D eigenvalue weighted by atomic mass is 9.81. The van der Waals surface area contributed by atoms with Crippen LogP contribution in [0.5, 0.6) is 11.8 Å². The quantitative estimate of drug-likeness (QED) is 0.327. The van der Waals surface area contributed by atoms with E-state index in [0.29, 0.717) is 44.1 Å². The summed E-state index contributed by atoms with van der Waals surface area (Å²) in [6.45, 7) is 0.861. The molecule has 47 heavy (non-hydrogen) atoms. The molecule has 3 aromatic rings. The normalized spacial score (nSPS) is 20.2. The second-order valence-electron chi connectivity index (χ2n) is 12.0. The lowest BCUT2D eigenvalue weighted by Gasteiger charge is -2.53. The summed E-state index contributed by atoms with van der Waals surface area (Å²) in [5, 5.41) is 9.59. The van der Waals surface area contributed by atoms with E-state index in [1.165, 1.54) is 7.11 Å². The van der Waals surface area contributed by atoms with E-state index in [9.17, 15) is 23.1 Å². The van der Waals surface area contributed by atoms with E-state index in [-0.39, 0.29) is 72.9 Å². The number of fused-ring (bicyclic) bond motifs is 1. The van der Waals surface area contributed by atoms with Gasteiger partial charge in [0.2, 0.25) is 17.7 Å². The number of benzene rings is 2. The molecular weight excluding hydrogens is 658 g/mol. The fraction of sp³-hybridized carbons (Fsp3) is 0.485. The molecule has 2 aromatic carbocycles. The van der Waals surface area contributed by atoms with Gasteiger partial charge in [-0.15, -0.1) is 24.8 Å². The molecule has 9 nitrogen and oxygen atoms in total. The van der Waals surface area contributed by atoms with Crippen molar-refractivity contribution >= 4 is 30.7 Å². The molecule has 3 fully saturated rings. The van der Waals surface area contributed by atoms with Crippen molar-refractivity contribution < 1.29 is 32.5 Å². The Morgan fingerprint density at radius 1 is 0.936 bits per heavy atom. The molecule has 1 aliphatic carbocycles. The van der Waals surface area contributed by atoms with Crippen LogP contribution >= 0.6 is 24.8 Å². The number of piperazine rings is 2. The summed E-state index contributed by atoms with van der Waals surface area (Å²) in [6.07, 6.45) is -2.79. The number of halogens is 5. The van der Waals surface area contributed by atoms with E-state index in [1.54, 1.807) is 4.90 Å². The lowest BCUT2D eigenvalue weighted by molar-refractivity contribution is -0.154. The molecule has 3 aliphatic rings. The molecule has 1 N–H and O–H groups in total. The van der Waals surface area contributed by atoms with Gasteiger partial charge in [0.25, 0.3) is 0 Å². The first-order valence-corrected chi connectivity index (χ1v) is 15.3. The molecule has 2 atom stereocenters. The first kappa shape index (κ1) is 36.7. The molecule has 6 rings (SSSR count). The highest BCUT2D eigenvalue weighted by Gasteiger charge is 2.43. The van der Waals surface area contributed by atoms with Gasteiger partial charge in [-0.2, -0.15) is 23.1 Å². The number of hydrogen-bond donors (Lipinski definition) is 1. The van der Waals surface area contributed by atoms with E-state index >= 15 is 0 Å². The zero-order valence-electron chi connectivity index (χ0n) is 26.0. The molecule has 2 saturated heterocycles. The highest BCUT2D eigenvalue weighted by atomic mass is 35.5. The summed E-state index contributed by atoms with van der Waals surface area (Å²) in [4.78, 5) is 27.9. The van der Waals surface area contributed by atoms with Gasteiger partial charge in [0, 0.05) is 63.2 Å². The van der Waals surface area contributed by atoms with E-state index in [2.05, 4.69) is 44.0 Å². The Kier molecular flexibility index (Phi) is 12.3. The van der Waals surface area contributed by atoms with Crippen LogP contribution in [-0.2, 0) is 11.3 Å². The van der Waals surface area contributed by atoms with Crippen molar-refractivity contribution in [1.82, 2.24) is 24.7 Å². The van der Waals surface area contributed by atoms with Crippen molar-refractivity contribution in [3.8, 4) is 11.8 Å². The Morgan fingerprint density at radius 3 is 2.11 bits per heavy atom. The molecule has 2 aliphatic heterocycles. The third-order valence-corrected chi connectivity index (χ3v) is 8.90. The van der Waals surface area contributed by atoms with Crippen LogP contribution in [0.4, 0.5) is 13.2 Å². The number of methoxy groups -OCH3 is 1. The topological polar surface area (TPSA) is 91.3 Å². The molecule has 1 amide bonds. The second-order valence-corrected chi connectivity index (χ2v) is 12.0. The first-order valence-electron chi connectivity index (χ1n) is 15.3. The van der Waals surface area contributed by atoms with Gasteiger partial charge in [-0.25, -0.2) is 0 Å². The van der Waals surface area contributed by atoms with Crippen LogP contribution in [0.15, 0.2) is 60.7 Å². The van der Waals surface area contributed by atoms with E-state index in [0.717, 1.165) is 24.0 Å². The summed E-state index contributed by atoms with van der Waals surface area (Å²) in [5.41, 5.74) is 2.66. The molecule has 256 valence electrons. The smallest absolute Gasteiger partial charge is 0.422 e. The predicted octanol–water partition coefficient (Wildman–Crippen LogP) is 4.67. The largest absolute Gasteiger partial charge is 0.481 e. The number of aliphatic hydroxyl groups excluding tert-OH is 1. The third-order valence-electron chi connectivity index (χ3n) is 8.90. The number of rotatable bonds is 10. The average Bonchev–Trinajstić information content (AvgIpc) is 3.90. The number of ether oxygens (including phenoxy) is 2. The van der Waals surface area contributed by atoms with Crippen LogP contribution in [0.2, 0.25) is 0 Å². The summed E-state index contributed by atoms with van der Waals surface area (Å²) < 4.78 is 50.8. The van der Waals surface area contributed by atoms with Crippen molar-refractivity contribution in [3.05, 3.63) is 83.2 Å². The number of carbonyl (C=O) groups is 1. The Labute approximate surface area is 284 Å².